The lowest BCUT2D eigenvalue weighted by atomic mass is 10.2. The van der Waals surface area contributed by atoms with E-state index in [2.05, 4.69) is 5.32 Å². The molecule has 0 heterocycles. The molecule has 0 aromatic heterocycles. The van der Waals surface area contributed by atoms with Crippen molar-refractivity contribution in [2.75, 3.05) is 6.54 Å². The maximum atomic E-state index is 12.8. The molecule has 5 heteroatoms. The second-order valence-corrected chi connectivity index (χ2v) is 3.54. The van der Waals surface area contributed by atoms with Crippen LogP contribution in [-0.2, 0) is 11.3 Å². The number of hydrogen-bond donors (Lipinski definition) is 2. The first-order valence-corrected chi connectivity index (χ1v) is 4.90. The zero-order chi connectivity index (χ0) is 11.3. The topological polar surface area (TPSA) is 55.1 Å². The van der Waals surface area contributed by atoms with Gasteiger partial charge in [0, 0.05) is 24.5 Å². The maximum Gasteiger partial charge on any atom is 0.218 e. The standard InChI is InChI=1S/C10H12ClFN2O/c11-9-2-1-8(12)5-7(9)6-14-4-3-10(13)15/h1-2,5,14H,3-4,6H2,(H2,13,15). The zero-order valence-electron chi connectivity index (χ0n) is 8.09. The number of amides is 1. The average molecular weight is 231 g/mol. The fraction of sp³-hybridized carbons (Fsp3) is 0.300. The average Bonchev–Trinajstić information content (AvgIpc) is 2.17. The summed E-state index contributed by atoms with van der Waals surface area (Å²) in [6, 6.07) is 4.16. The van der Waals surface area contributed by atoms with Crippen molar-refractivity contribution in [1.29, 1.82) is 0 Å². The minimum absolute atomic E-state index is 0.257. The molecule has 1 aromatic rings. The van der Waals surface area contributed by atoms with Gasteiger partial charge in [-0.05, 0) is 23.8 Å². The van der Waals surface area contributed by atoms with Gasteiger partial charge in [0.05, 0.1) is 0 Å². The summed E-state index contributed by atoms with van der Waals surface area (Å²) in [5.74, 6) is -0.695. The molecule has 0 aliphatic heterocycles. The Morgan fingerprint density at radius 1 is 1.53 bits per heavy atom. The van der Waals surface area contributed by atoms with Crippen molar-refractivity contribution in [1.82, 2.24) is 5.32 Å². The van der Waals surface area contributed by atoms with Crippen LogP contribution in [0.1, 0.15) is 12.0 Å². The molecule has 0 spiro atoms. The Kier molecular flexibility index (Phi) is 4.52. The predicted octanol–water partition coefficient (Wildman–Crippen LogP) is 1.44. The van der Waals surface area contributed by atoms with Gasteiger partial charge in [-0.25, -0.2) is 4.39 Å². The monoisotopic (exact) mass is 230 g/mol. The van der Waals surface area contributed by atoms with E-state index in [1.165, 1.54) is 18.2 Å². The Bertz CT molecular complexity index is 357. The molecule has 0 bridgehead atoms. The molecule has 0 saturated heterocycles. The quantitative estimate of drug-likeness (QED) is 0.753. The highest BCUT2D eigenvalue weighted by atomic mass is 35.5. The van der Waals surface area contributed by atoms with Crippen LogP contribution in [-0.4, -0.2) is 12.5 Å². The summed E-state index contributed by atoms with van der Waals surface area (Å²) in [6.45, 7) is 0.881. The van der Waals surface area contributed by atoms with Crippen LogP contribution < -0.4 is 11.1 Å². The van der Waals surface area contributed by atoms with Crippen LogP contribution in [0.2, 0.25) is 5.02 Å². The molecule has 1 amide bonds. The Labute approximate surface area is 92.4 Å². The Balaban J connectivity index is 2.43. The SMILES string of the molecule is NC(=O)CCNCc1cc(F)ccc1Cl. The van der Waals surface area contributed by atoms with Crippen LogP contribution in [0, 0.1) is 5.82 Å². The first kappa shape index (κ1) is 11.9. The van der Waals surface area contributed by atoms with E-state index in [-0.39, 0.29) is 18.1 Å². The third kappa shape index (κ3) is 4.27. The van der Waals surface area contributed by atoms with Crippen molar-refractivity contribution < 1.29 is 9.18 Å². The highest BCUT2D eigenvalue weighted by Gasteiger charge is 2.01. The molecular formula is C10H12ClFN2O. The van der Waals surface area contributed by atoms with Crippen molar-refractivity contribution in [3.05, 3.63) is 34.6 Å². The van der Waals surface area contributed by atoms with Gasteiger partial charge < -0.3 is 11.1 Å². The van der Waals surface area contributed by atoms with Crippen LogP contribution >= 0.6 is 11.6 Å². The summed E-state index contributed by atoms with van der Waals surface area (Å²) in [7, 11) is 0. The van der Waals surface area contributed by atoms with Crippen molar-refractivity contribution >= 4 is 17.5 Å². The van der Waals surface area contributed by atoms with Crippen LogP contribution in [0.15, 0.2) is 18.2 Å². The van der Waals surface area contributed by atoms with E-state index in [1.807, 2.05) is 0 Å². The number of carbonyl (C=O) groups is 1. The number of benzene rings is 1. The van der Waals surface area contributed by atoms with E-state index in [1.54, 1.807) is 0 Å². The Morgan fingerprint density at radius 2 is 2.27 bits per heavy atom. The molecule has 0 saturated carbocycles. The number of halogens is 2. The second kappa shape index (κ2) is 5.68. The third-order valence-corrected chi connectivity index (χ3v) is 2.24. The lowest BCUT2D eigenvalue weighted by Crippen LogP contribution is -2.21. The molecule has 0 aliphatic rings. The Hall–Kier alpha value is -1.13. The van der Waals surface area contributed by atoms with Crippen LogP contribution in [0.25, 0.3) is 0 Å². The molecule has 0 aliphatic carbocycles. The summed E-state index contributed by atoms with van der Waals surface area (Å²) in [4.78, 5) is 10.4. The van der Waals surface area contributed by atoms with Gasteiger partial charge in [-0.3, -0.25) is 4.79 Å². The number of nitrogens with two attached hydrogens (primary N) is 1. The van der Waals surface area contributed by atoms with Gasteiger partial charge in [-0.1, -0.05) is 11.6 Å². The summed E-state index contributed by atoms with van der Waals surface area (Å²) < 4.78 is 12.8. The van der Waals surface area contributed by atoms with Gasteiger partial charge in [0.1, 0.15) is 5.82 Å². The van der Waals surface area contributed by atoms with Crippen molar-refractivity contribution in [3.63, 3.8) is 0 Å². The molecule has 0 atom stereocenters. The van der Waals surface area contributed by atoms with Crippen molar-refractivity contribution in [2.45, 2.75) is 13.0 Å². The molecular weight excluding hydrogens is 219 g/mol. The highest BCUT2D eigenvalue weighted by Crippen LogP contribution is 2.16. The molecule has 1 aromatic carbocycles. The van der Waals surface area contributed by atoms with E-state index in [9.17, 15) is 9.18 Å². The lowest BCUT2D eigenvalue weighted by molar-refractivity contribution is -0.117. The summed E-state index contributed by atoms with van der Waals surface area (Å²) in [5, 5.41) is 3.45. The van der Waals surface area contributed by atoms with Crippen molar-refractivity contribution in [3.8, 4) is 0 Å². The molecule has 0 radical (unpaired) electrons. The fourth-order valence-electron chi connectivity index (χ4n) is 1.11. The van der Waals surface area contributed by atoms with Crippen LogP contribution in [0.3, 0.4) is 0 Å². The molecule has 0 unspecified atom stereocenters. The molecule has 0 fully saturated rings. The van der Waals surface area contributed by atoms with Gasteiger partial charge in [-0.2, -0.15) is 0 Å². The minimum Gasteiger partial charge on any atom is -0.370 e. The second-order valence-electron chi connectivity index (χ2n) is 3.13. The summed E-state index contributed by atoms with van der Waals surface area (Å²) in [5.41, 5.74) is 5.63. The molecule has 1 rings (SSSR count). The van der Waals surface area contributed by atoms with E-state index in [4.69, 9.17) is 17.3 Å². The van der Waals surface area contributed by atoms with E-state index in [0.717, 1.165) is 0 Å². The van der Waals surface area contributed by atoms with Gasteiger partial charge in [0.15, 0.2) is 0 Å². The smallest absolute Gasteiger partial charge is 0.218 e. The number of nitrogens with one attached hydrogen (secondary N) is 1. The van der Waals surface area contributed by atoms with Crippen LogP contribution in [0.4, 0.5) is 4.39 Å². The first-order chi connectivity index (χ1) is 7.09. The first-order valence-electron chi connectivity index (χ1n) is 4.52. The number of carbonyl (C=O) groups excluding carboxylic acids is 1. The number of rotatable bonds is 5. The van der Waals surface area contributed by atoms with Gasteiger partial charge in [0.2, 0.25) is 5.91 Å². The Morgan fingerprint density at radius 3 is 2.93 bits per heavy atom. The maximum absolute atomic E-state index is 12.8. The van der Waals surface area contributed by atoms with E-state index in [0.29, 0.717) is 23.7 Å². The highest BCUT2D eigenvalue weighted by molar-refractivity contribution is 6.31. The normalized spacial score (nSPS) is 10.3. The molecule has 3 N–H and O–H groups in total. The summed E-state index contributed by atoms with van der Waals surface area (Å²) >= 11 is 5.84. The lowest BCUT2D eigenvalue weighted by Gasteiger charge is -2.05. The molecule has 3 nitrogen and oxygen atoms in total. The van der Waals surface area contributed by atoms with E-state index >= 15 is 0 Å². The fourth-order valence-corrected chi connectivity index (χ4v) is 1.30. The third-order valence-electron chi connectivity index (χ3n) is 1.87. The minimum atomic E-state index is -0.368. The van der Waals surface area contributed by atoms with Gasteiger partial charge in [0.25, 0.3) is 0 Å². The molecule has 15 heavy (non-hydrogen) atoms. The van der Waals surface area contributed by atoms with Gasteiger partial charge >= 0.3 is 0 Å². The molecule has 82 valence electrons. The zero-order valence-corrected chi connectivity index (χ0v) is 8.85. The van der Waals surface area contributed by atoms with Crippen molar-refractivity contribution in [2.24, 2.45) is 5.73 Å². The predicted molar refractivity (Wildman–Crippen MR) is 56.9 cm³/mol. The van der Waals surface area contributed by atoms with Crippen LogP contribution in [0.5, 0.6) is 0 Å². The van der Waals surface area contributed by atoms with Gasteiger partial charge in [-0.15, -0.1) is 0 Å². The number of primary amides is 1. The van der Waals surface area contributed by atoms with E-state index < -0.39 is 0 Å². The largest absolute Gasteiger partial charge is 0.370 e. The number of hydrogen-bond acceptors (Lipinski definition) is 2. The summed E-state index contributed by atoms with van der Waals surface area (Å²) in [6.07, 6.45) is 0.257.